The molecule has 2 unspecified atom stereocenters. The zero-order chi connectivity index (χ0) is 20.0. The molecule has 3 rings (SSSR count). The van der Waals surface area contributed by atoms with Crippen molar-refractivity contribution in [2.24, 2.45) is 0 Å². The Morgan fingerprint density at radius 2 is 1.21 bits per heavy atom. The van der Waals surface area contributed by atoms with Crippen molar-refractivity contribution in [3.63, 3.8) is 0 Å². The Balaban J connectivity index is 2.08. The highest BCUT2D eigenvalue weighted by Crippen LogP contribution is 2.48. The van der Waals surface area contributed by atoms with Crippen LogP contribution in [-0.4, -0.2) is 12.8 Å². The van der Waals surface area contributed by atoms with Crippen molar-refractivity contribution in [3.8, 4) is 5.75 Å². The third-order valence-electron chi connectivity index (χ3n) is 4.72. The van der Waals surface area contributed by atoms with E-state index in [0.717, 1.165) is 6.42 Å². The van der Waals surface area contributed by atoms with Crippen LogP contribution in [0, 0.1) is 0 Å². The Kier molecular flexibility index (Phi) is 6.40. The molecule has 0 saturated carbocycles. The van der Waals surface area contributed by atoms with Gasteiger partial charge in [0.05, 0.1) is 12.5 Å². The molecule has 0 N–H and O–H groups in total. The van der Waals surface area contributed by atoms with Crippen LogP contribution in [0.5, 0.6) is 5.75 Å². The number of hydrogen-bond donors (Lipinski definition) is 0. The normalized spacial score (nSPS) is 13.7. The molecule has 28 heavy (non-hydrogen) atoms. The average molecular weight is 384 g/mol. The number of alkyl halides is 3. The molecule has 0 aliphatic carbocycles. The molecule has 3 aromatic carbocycles. The largest absolute Gasteiger partial charge is 0.494 e. The van der Waals surface area contributed by atoms with Gasteiger partial charge in [0.25, 0.3) is 0 Å². The van der Waals surface area contributed by atoms with Crippen LogP contribution in [0.25, 0.3) is 0 Å². The Bertz CT molecular complexity index is 843. The second-order valence-electron chi connectivity index (χ2n) is 6.74. The molecule has 0 bridgehead atoms. The zero-order valence-corrected chi connectivity index (χ0v) is 15.7. The number of rotatable bonds is 7. The van der Waals surface area contributed by atoms with E-state index in [4.69, 9.17) is 4.74 Å². The molecular weight excluding hydrogens is 361 g/mol. The molecule has 0 spiro atoms. The Morgan fingerprint density at radius 1 is 0.714 bits per heavy atom. The number of halogens is 3. The van der Waals surface area contributed by atoms with Gasteiger partial charge in [-0.05, 0) is 35.2 Å². The number of ether oxygens (including phenoxy) is 1. The van der Waals surface area contributed by atoms with Gasteiger partial charge in [-0.2, -0.15) is 13.2 Å². The first-order valence-electron chi connectivity index (χ1n) is 9.40. The predicted molar refractivity (Wildman–Crippen MR) is 106 cm³/mol. The minimum Gasteiger partial charge on any atom is -0.494 e. The maximum Gasteiger partial charge on any atom is 0.396 e. The van der Waals surface area contributed by atoms with Gasteiger partial charge >= 0.3 is 6.18 Å². The summed E-state index contributed by atoms with van der Waals surface area (Å²) in [6.07, 6.45) is -3.52. The van der Waals surface area contributed by atoms with Gasteiger partial charge in [0.15, 0.2) is 0 Å². The van der Waals surface area contributed by atoms with Crippen molar-refractivity contribution in [3.05, 3.63) is 102 Å². The van der Waals surface area contributed by atoms with E-state index in [1.807, 2.05) is 13.0 Å². The standard InChI is InChI=1S/C24H23F3O/c1-2-17-28-21-15-13-19(14-16-21)22(18-9-5-3-6-10-18)23(24(25,26)27)20-11-7-4-8-12-20/h3-16,22-23H,2,17H2,1H3. The Labute approximate surface area is 163 Å². The lowest BCUT2D eigenvalue weighted by molar-refractivity contribution is -0.153. The van der Waals surface area contributed by atoms with Crippen LogP contribution in [0.15, 0.2) is 84.9 Å². The second-order valence-corrected chi connectivity index (χ2v) is 6.74. The summed E-state index contributed by atoms with van der Waals surface area (Å²) in [7, 11) is 0. The topological polar surface area (TPSA) is 9.23 Å². The molecule has 3 aromatic rings. The van der Waals surface area contributed by atoms with Crippen LogP contribution in [0.4, 0.5) is 13.2 Å². The molecule has 4 heteroatoms. The average Bonchev–Trinajstić information content (AvgIpc) is 2.71. The third kappa shape index (κ3) is 4.75. The summed E-state index contributed by atoms with van der Waals surface area (Å²) < 4.78 is 48.3. The summed E-state index contributed by atoms with van der Waals surface area (Å²) in [6.45, 7) is 2.59. The summed E-state index contributed by atoms with van der Waals surface area (Å²) in [6, 6.07) is 24.0. The minimum atomic E-state index is -4.39. The predicted octanol–water partition coefficient (Wildman–Crippen LogP) is 6.95. The van der Waals surface area contributed by atoms with E-state index in [1.54, 1.807) is 78.9 Å². The van der Waals surface area contributed by atoms with Crippen molar-refractivity contribution in [1.29, 1.82) is 0 Å². The maximum atomic E-state index is 14.2. The third-order valence-corrected chi connectivity index (χ3v) is 4.72. The fourth-order valence-corrected chi connectivity index (χ4v) is 3.46. The highest BCUT2D eigenvalue weighted by Gasteiger charge is 2.46. The van der Waals surface area contributed by atoms with Gasteiger partial charge in [-0.1, -0.05) is 79.7 Å². The van der Waals surface area contributed by atoms with Crippen LogP contribution in [0.2, 0.25) is 0 Å². The summed E-state index contributed by atoms with van der Waals surface area (Å²) in [5.41, 5.74) is 1.51. The molecule has 0 radical (unpaired) electrons. The summed E-state index contributed by atoms with van der Waals surface area (Å²) in [5, 5.41) is 0. The highest BCUT2D eigenvalue weighted by atomic mass is 19.4. The minimum absolute atomic E-state index is 0.259. The smallest absolute Gasteiger partial charge is 0.396 e. The fraction of sp³-hybridized carbons (Fsp3) is 0.250. The second kappa shape index (κ2) is 8.96. The molecule has 1 nitrogen and oxygen atoms in total. The van der Waals surface area contributed by atoms with E-state index in [2.05, 4.69) is 0 Å². The first kappa shape index (κ1) is 20.0. The Morgan fingerprint density at radius 3 is 1.71 bits per heavy atom. The molecule has 0 amide bonds. The number of benzene rings is 3. The number of hydrogen-bond acceptors (Lipinski definition) is 1. The van der Waals surface area contributed by atoms with Crippen LogP contribution in [0.1, 0.15) is 41.9 Å². The zero-order valence-electron chi connectivity index (χ0n) is 15.7. The summed E-state index contributed by atoms with van der Waals surface area (Å²) in [4.78, 5) is 0. The molecule has 146 valence electrons. The Hall–Kier alpha value is -2.75. The molecule has 0 saturated heterocycles. The van der Waals surface area contributed by atoms with Gasteiger partial charge in [-0.3, -0.25) is 0 Å². The van der Waals surface area contributed by atoms with Crippen molar-refractivity contribution in [2.75, 3.05) is 6.61 Å². The molecule has 0 heterocycles. The monoisotopic (exact) mass is 384 g/mol. The van der Waals surface area contributed by atoms with E-state index in [9.17, 15) is 13.2 Å². The van der Waals surface area contributed by atoms with E-state index >= 15 is 0 Å². The quantitative estimate of drug-likeness (QED) is 0.428. The first-order chi connectivity index (χ1) is 13.5. The van der Waals surface area contributed by atoms with Crippen LogP contribution < -0.4 is 4.74 Å². The molecular formula is C24H23F3O. The van der Waals surface area contributed by atoms with Gasteiger partial charge in [-0.15, -0.1) is 0 Å². The molecule has 0 aromatic heterocycles. The van der Waals surface area contributed by atoms with E-state index in [0.29, 0.717) is 23.5 Å². The molecule has 0 fully saturated rings. The van der Waals surface area contributed by atoms with Crippen molar-refractivity contribution >= 4 is 0 Å². The summed E-state index contributed by atoms with van der Waals surface area (Å²) >= 11 is 0. The molecule has 2 atom stereocenters. The van der Waals surface area contributed by atoms with Gasteiger partial charge in [0.2, 0.25) is 0 Å². The van der Waals surface area contributed by atoms with E-state index in [-0.39, 0.29) is 5.56 Å². The molecule has 0 aliphatic heterocycles. The highest BCUT2D eigenvalue weighted by molar-refractivity contribution is 5.41. The summed E-state index contributed by atoms with van der Waals surface area (Å²) in [5.74, 6) is -1.82. The van der Waals surface area contributed by atoms with Crippen molar-refractivity contribution in [2.45, 2.75) is 31.4 Å². The van der Waals surface area contributed by atoms with Gasteiger partial charge in [0.1, 0.15) is 5.75 Å². The van der Waals surface area contributed by atoms with Gasteiger partial charge in [-0.25, -0.2) is 0 Å². The fourth-order valence-electron chi connectivity index (χ4n) is 3.46. The molecule has 0 aliphatic rings. The van der Waals surface area contributed by atoms with Crippen LogP contribution in [0.3, 0.4) is 0 Å². The van der Waals surface area contributed by atoms with Crippen LogP contribution in [-0.2, 0) is 0 Å². The lowest BCUT2D eigenvalue weighted by Gasteiger charge is -2.30. The lowest BCUT2D eigenvalue weighted by atomic mass is 9.76. The first-order valence-corrected chi connectivity index (χ1v) is 9.40. The van der Waals surface area contributed by atoms with Crippen molar-refractivity contribution < 1.29 is 17.9 Å². The van der Waals surface area contributed by atoms with Gasteiger partial charge < -0.3 is 4.74 Å². The van der Waals surface area contributed by atoms with Crippen LogP contribution >= 0.6 is 0 Å². The maximum absolute atomic E-state index is 14.2. The lowest BCUT2D eigenvalue weighted by Crippen LogP contribution is -2.28. The van der Waals surface area contributed by atoms with E-state index in [1.165, 1.54) is 0 Å². The van der Waals surface area contributed by atoms with Gasteiger partial charge in [0, 0.05) is 5.92 Å². The SMILES string of the molecule is CCCOc1ccc(C(c2ccccc2)C(c2ccccc2)C(F)(F)F)cc1. The van der Waals surface area contributed by atoms with E-state index < -0.39 is 18.0 Å². The van der Waals surface area contributed by atoms with Crippen molar-refractivity contribution in [1.82, 2.24) is 0 Å².